The van der Waals surface area contributed by atoms with Gasteiger partial charge in [0.15, 0.2) is 5.78 Å². The third-order valence-electron chi connectivity index (χ3n) is 3.22. The van der Waals surface area contributed by atoms with Gasteiger partial charge in [-0.1, -0.05) is 0 Å². The van der Waals surface area contributed by atoms with E-state index in [0.717, 1.165) is 17.0 Å². The van der Waals surface area contributed by atoms with Crippen molar-refractivity contribution in [1.29, 1.82) is 0 Å². The van der Waals surface area contributed by atoms with Crippen molar-refractivity contribution in [3.8, 4) is 0 Å². The van der Waals surface area contributed by atoms with Gasteiger partial charge in [-0.25, -0.2) is 0 Å². The molecule has 1 aliphatic rings. The molecule has 2 rings (SSSR count). The first-order chi connectivity index (χ1) is 9.69. The Balaban J connectivity index is 2.44. The summed E-state index contributed by atoms with van der Waals surface area (Å²) in [6.45, 7) is 0.0109. The maximum atomic E-state index is 12.7. The second kappa shape index (κ2) is 5.34. The molecule has 5 nitrogen and oxygen atoms in total. The Kier molecular flexibility index (Phi) is 3.89. The molecule has 114 valence electrons. The molecule has 0 N–H and O–H groups in total. The lowest BCUT2D eigenvalue weighted by Gasteiger charge is -2.27. The van der Waals surface area contributed by atoms with Crippen LogP contribution in [0.5, 0.6) is 0 Å². The summed E-state index contributed by atoms with van der Waals surface area (Å²) in [5.74, 6) is -0.499. The monoisotopic (exact) mass is 302 g/mol. The molecule has 0 unspecified atom stereocenters. The molecule has 1 fully saturated rings. The fraction of sp³-hybridized carbons (Fsp3) is 0.462. The normalized spacial score (nSPS) is 14.9. The molecular formula is C13H13F3N2O3. The second-order valence-electron chi connectivity index (χ2n) is 4.99. The van der Waals surface area contributed by atoms with Gasteiger partial charge in [-0.2, -0.15) is 13.2 Å². The van der Waals surface area contributed by atoms with Crippen LogP contribution >= 0.6 is 0 Å². The molecule has 0 saturated heterocycles. The summed E-state index contributed by atoms with van der Waals surface area (Å²) in [6.07, 6.45) is -3.17. The van der Waals surface area contributed by atoms with Crippen LogP contribution < -0.4 is 4.90 Å². The predicted octanol–water partition coefficient (Wildman–Crippen LogP) is 3.33. The summed E-state index contributed by atoms with van der Waals surface area (Å²) in [5, 5.41) is 10.7. The van der Waals surface area contributed by atoms with E-state index >= 15 is 0 Å². The van der Waals surface area contributed by atoms with E-state index in [-0.39, 0.29) is 23.0 Å². The zero-order valence-corrected chi connectivity index (χ0v) is 11.2. The van der Waals surface area contributed by atoms with E-state index in [4.69, 9.17) is 0 Å². The van der Waals surface area contributed by atoms with E-state index in [2.05, 4.69) is 0 Å². The molecule has 1 aromatic carbocycles. The van der Waals surface area contributed by atoms with Crippen LogP contribution in [-0.2, 0) is 0 Å². The molecule has 0 atom stereocenters. The SMILES string of the molecule is CC(=O)c1cc([N+](=O)[O-])ccc1N(CC(F)(F)F)C1CC1. The van der Waals surface area contributed by atoms with Crippen LogP contribution in [0, 0.1) is 10.1 Å². The Morgan fingerprint density at radius 3 is 2.48 bits per heavy atom. The number of non-ortho nitro benzene ring substituents is 1. The molecule has 0 aliphatic heterocycles. The molecule has 0 heterocycles. The van der Waals surface area contributed by atoms with Gasteiger partial charge in [-0.05, 0) is 25.8 Å². The number of nitro groups is 1. The van der Waals surface area contributed by atoms with E-state index in [1.807, 2.05) is 0 Å². The number of carbonyl (C=O) groups excluding carboxylic acids is 1. The number of rotatable bonds is 5. The molecule has 0 bridgehead atoms. The first-order valence-electron chi connectivity index (χ1n) is 6.32. The minimum absolute atomic E-state index is 0.0552. The number of nitrogens with zero attached hydrogens (tertiary/aromatic N) is 2. The van der Waals surface area contributed by atoms with Gasteiger partial charge in [0, 0.05) is 29.4 Å². The fourth-order valence-corrected chi connectivity index (χ4v) is 2.16. The average Bonchev–Trinajstić information content (AvgIpc) is 3.18. The highest BCUT2D eigenvalue weighted by molar-refractivity contribution is 6.00. The number of alkyl halides is 3. The van der Waals surface area contributed by atoms with Gasteiger partial charge in [0.25, 0.3) is 5.69 Å². The number of hydrogen-bond donors (Lipinski definition) is 0. The van der Waals surface area contributed by atoms with Crippen molar-refractivity contribution in [2.24, 2.45) is 0 Å². The molecule has 1 aromatic rings. The van der Waals surface area contributed by atoms with Gasteiger partial charge in [0.1, 0.15) is 6.54 Å². The lowest BCUT2D eigenvalue weighted by atomic mass is 10.1. The molecular weight excluding hydrogens is 289 g/mol. The second-order valence-corrected chi connectivity index (χ2v) is 4.99. The number of halogens is 3. The first kappa shape index (κ1) is 15.3. The molecule has 1 aliphatic carbocycles. The zero-order chi connectivity index (χ0) is 15.8. The molecule has 8 heteroatoms. The van der Waals surface area contributed by atoms with Gasteiger partial charge in [-0.15, -0.1) is 0 Å². The quantitative estimate of drug-likeness (QED) is 0.475. The summed E-state index contributed by atoms with van der Waals surface area (Å²) in [4.78, 5) is 22.8. The van der Waals surface area contributed by atoms with Crippen LogP contribution in [0.1, 0.15) is 30.1 Å². The van der Waals surface area contributed by atoms with Crippen molar-refractivity contribution in [2.75, 3.05) is 11.4 Å². The summed E-state index contributed by atoms with van der Waals surface area (Å²) >= 11 is 0. The van der Waals surface area contributed by atoms with Crippen molar-refractivity contribution < 1.29 is 22.9 Å². The third-order valence-corrected chi connectivity index (χ3v) is 3.22. The standard InChI is InChI=1S/C13H13F3N2O3/c1-8(19)11-6-10(18(20)21)4-5-12(11)17(9-2-3-9)7-13(14,15)16/h4-6,9H,2-3,7H2,1H3. The maximum Gasteiger partial charge on any atom is 0.405 e. The minimum Gasteiger partial charge on any atom is -0.359 e. The highest BCUT2D eigenvalue weighted by Gasteiger charge is 2.39. The number of benzene rings is 1. The molecule has 0 spiro atoms. The molecule has 0 aromatic heterocycles. The van der Waals surface area contributed by atoms with E-state index in [0.29, 0.717) is 12.8 Å². The highest BCUT2D eigenvalue weighted by atomic mass is 19.4. The number of Topliss-reactive ketones (excluding diaryl/α,β-unsaturated/α-hetero) is 1. The number of hydrogen-bond acceptors (Lipinski definition) is 4. The molecule has 0 radical (unpaired) electrons. The first-order valence-corrected chi connectivity index (χ1v) is 6.32. The van der Waals surface area contributed by atoms with Crippen LogP contribution in [0.2, 0.25) is 0 Å². The maximum absolute atomic E-state index is 12.7. The van der Waals surface area contributed by atoms with Crippen molar-refractivity contribution in [3.63, 3.8) is 0 Å². The van der Waals surface area contributed by atoms with E-state index < -0.39 is 23.4 Å². The van der Waals surface area contributed by atoms with E-state index in [1.54, 1.807) is 0 Å². The lowest BCUT2D eigenvalue weighted by molar-refractivity contribution is -0.384. The Morgan fingerprint density at radius 2 is 2.05 bits per heavy atom. The van der Waals surface area contributed by atoms with E-state index in [9.17, 15) is 28.1 Å². The number of ketones is 1. The van der Waals surface area contributed by atoms with E-state index in [1.165, 1.54) is 13.0 Å². The number of carbonyl (C=O) groups is 1. The van der Waals surface area contributed by atoms with Crippen molar-refractivity contribution in [1.82, 2.24) is 0 Å². The van der Waals surface area contributed by atoms with Gasteiger partial charge in [0.05, 0.1) is 4.92 Å². The highest BCUT2D eigenvalue weighted by Crippen LogP contribution is 2.37. The largest absolute Gasteiger partial charge is 0.405 e. The van der Waals surface area contributed by atoms with Crippen molar-refractivity contribution >= 4 is 17.2 Å². The molecule has 21 heavy (non-hydrogen) atoms. The summed E-state index contributed by atoms with van der Waals surface area (Å²) in [6, 6.07) is 3.10. The van der Waals surface area contributed by atoms with Gasteiger partial charge < -0.3 is 4.90 Å². The topological polar surface area (TPSA) is 63.4 Å². The average molecular weight is 302 g/mol. The summed E-state index contributed by atoms with van der Waals surface area (Å²) in [7, 11) is 0. The number of nitro benzene ring substituents is 1. The Bertz CT molecular complexity index is 583. The van der Waals surface area contributed by atoms with Gasteiger partial charge >= 0.3 is 6.18 Å². The fourth-order valence-electron chi connectivity index (χ4n) is 2.16. The Hall–Kier alpha value is -2.12. The molecule has 1 saturated carbocycles. The van der Waals surface area contributed by atoms with Crippen LogP contribution in [-0.4, -0.2) is 29.5 Å². The van der Waals surface area contributed by atoms with Crippen LogP contribution in [0.15, 0.2) is 18.2 Å². The summed E-state index contributed by atoms with van der Waals surface area (Å²) in [5.41, 5.74) is -0.264. The van der Waals surface area contributed by atoms with Gasteiger partial charge in [-0.3, -0.25) is 14.9 Å². The van der Waals surface area contributed by atoms with Crippen molar-refractivity contribution in [3.05, 3.63) is 33.9 Å². The number of anilines is 1. The summed E-state index contributed by atoms with van der Waals surface area (Å²) < 4.78 is 38.1. The van der Waals surface area contributed by atoms with Crippen LogP contribution in [0.4, 0.5) is 24.5 Å². The van der Waals surface area contributed by atoms with Crippen LogP contribution in [0.3, 0.4) is 0 Å². The minimum atomic E-state index is -4.40. The Labute approximate surface area is 118 Å². The third kappa shape index (κ3) is 3.71. The van der Waals surface area contributed by atoms with Crippen molar-refractivity contribution in [2.45, 2.75) is 32.0 Å². The Morgan fingerprint density at radius 1 is 1.43 bits per heavy atom. The van der Waals surface area contributed by atoms with Gasteiger partial charge in [0.2, 0.25) is 0 Å². The predicted molar refractivity (Wildman–Crippen MR) is 69.5 cm³/mol. The smallest absolute Gasteiger partial charge is 0.359 e. The lowest BCUT2D eigenvalue weighted by Crippen LogP contribution is -2.36. The van der Waals surface area contributed by atoms with Crippen LogP contribution in [0.25, 0.3) is 0 Å². The zero-order valence-electron chi connectivity index (χ0n) is 11.2. The molecule has 0 amide bonds.